The van der Waals surface area contributed by atoms with E-state index in [1.54, 1.807) is 6.07 Å². The summed E-state index contributed by atoms with van der Waals surface area (Å²) in [5, 5.41) is 2.87. The van der Waals surface area contributed by atoms with Crippen molar-refractivity contribution < 1.29 is 22.7 Å². The van der Waals surface area contributed by atoms with Gasteiger partial charge >= 0.3 is 6.36 Å². The number of halogens is 3. The molecule has 4 N–H and O–H groups in total. The third-order valence-corrected chi connectivity index (χ3v) is 3.59. The predicted molar refractivity (Wildman–Crippen MR) is 73.5 cm³/mol. The molecule has 0 spiro atoms. The minimum absolute atomic E-state index is 0.164. The average Bonchev–Trinajstić information content (AvgIpc) is 2.99. The van der Waals surface area contributed by atoms with Crippen LogP contribution in [0.3, 0.4) is 0 Å². The second kappa shape index (κ2) is 4.91. The number of alkyl halides is 3. The minimum atomic E-state index is -4.79. The van der Waals surface area contributed by atoms with Crippen LogP contribution in [0.5, 0.6) is 5.75 Å². The summed E-state index contributed by atoms with van der Waals surface area (Å²) < 4.78 is 41.1. The van der Waals surface area contributed by atoms with E-state index in [1.165, 1.54) is 18.2 Å². The van der Waals surface area contributed by atoms with Gasteiger partial charge in [0.2, 0.25) is 0 Å². The highest BCUT2D eigenvalue weighted by atomic mass is 19.4. The van der Waals surface area contributed by atoms with Gasteiger partial charge in [-0.05, 0) is 31.0 Å². The highest BCUT2D eigenvalue weighted by Crippen LogP contribution is 2.32. The maximum Gasteiger partial charge on any atom is 0.573 e. The first-order chi connectivity index (χ1) is 10.3. The number of ether oxygens (including phenoxy) is 1. The van der Waals surface area contributed by atoms with Crippen molar-refractivity contribution in [1.82, 2.24) is 10.3 Å². The molecule has 1 amide bonds. The van der Waals surface area contributed by atoms with E-state index in [-0.39, 0.29) is 22.4 Å². The summed E-state index contributed by atoms with van der Waals surface area (Å²) in [4.78, 5) is 14.8. The van der Waals surface area contributed by atoms with Gasteiger partial charge in [-0.1, -0.05) is 6.07 Å². The molecule has 1 aromatic carbocycles. The molecular weight excluding hydrogens is 299 g/mol. The maximum atomic E-state index is 12.4. The van der Waals surface area contributed by atoms with Crippen LogP contribution in [-0.4, -0.2) is 29.3 Å². The van der Waals surface area contributed by atoms with Crippen molar-refractivity contribution >= 4 is 16.8 Å². The van der Waals surface area contributed by atoms with Crippen molar-refractivity contribution in [2.24, 2.45) is 5.73 Å². The Balaban J connectivity index is 1.82. The summed E-state index contributed by atoms with van der Waals surface area (Å²) in [5.74, 6) is -0.760. The summed E-state index contributed by atoms with van der Waals surface area (Å²) in [6, 6.07) is 5.52. The zero-order valence-corrected chi connectivity index (χ0v) is 11.5. The molecule has 5 nitrogen and oxygen atoms in total. The highest BCUT2D eigenvalue weighted by molar-refractivity contribution is 5.99. The van der Waals surface area contributed by atoms with Crippen molar-refractivity contribution in [3.8, 4) is 5.75 Å². The molecule has 118 valence electrons. The molecule has 0 unspecified atom stereocenters. The third-order valence-electron chi connectivity index (χ3n) is 3.59. The number of hydrogen-bond acceptors (Lipinski definition) is 3. The van der Waals surface area contributed by atoms with Gasteiger partial charge in [0, 0.05) is 23.0 Å². The van der Waals surface area contributed by atoms with E-state index in [2.05, 4.69) is 15.0 Å². The van der Waals surface area contributed by atoms with E-state index in [4.69, 9.17) is 5.73 Å². The Morgan fingerprint density at radius 1 is 1.41 bits per heavy atom. The second-order valence-corrected chi connectivity index (χ2v) is 5.49. The van der Waals surface area contributed by atoms with E-state index >= 15 is 0 Å². The summed E-state index contributed by atoms with van der Waals surface area (Å²) in [6.45, 7) is 0.340. The van der Waals surface area contributed by atoms with Gasteiger partial charge in [-0.2, -0.15) is 0 Å². The molecule has 3 rings (SSSR count). The Kier molecular flexibility index (Phi) is 3.28. The molecular formula is C14H14F3N3O2. The van der Waals surface area contributed by atoms with Crippen molar-refractivity contribution in [1.29, 1.82) is 0 Å². The van der Waals surface area contributed by atoms with Crippen molar-refractivity contribution in [2.75, 3.05) is 6.54 Å². The summed E-state index contributed by atoms with van der Waals surface area (Å²) in [5.41, 5.74) is 6.08. The zero-order valence-electron chi connectivity index (χ0n) is 11.5. The van der Waals surface area contributed by atoms with Crippen LogP contribution in [-0.2, 0) is 0 Å². The fourth-order valence-corrected chi connectivity index (χ4v) is 2.15. The monoisotopic (exact) mass is 313 g/mol. The van der Waals surface area contributed by atoms with Crippen LogP contribution in [0.4, 0.5) is 13.2 Å². The molecule has 1 fully saturated rings. The van der Waals surface area contributed by atoms with Crippen LogP contribution in [0.1, 0.15) is 23.3 Å². The first-order valence-electron chi connectivity index (χ1n) is 6.70. The lowest BCUT2D eigenvalue weighted by Gasteiger charge is -2.09. The molecule has 1 heterocycles. The number of carbonyl (C=O) groups is 1. The van der Waals surface area contributed by atoms with Crippen molar-refractivity contribution in [3.05, 3.63) is 30.0 Å². The van der Waals surface area contributed by atoms with E-state index in [0.717, 1.165) is 12.8 Å². The molecule has 0 saturated heterocycles. The first kappa shape index (κ1) is 14.7. The van der Waals surface area contributed by atoms with Crippen molar-refractivity contribution in [3.63, 3.8) is 0 Å². The number of hydrogen-bond donors (Lipinski definition) is 3. The fraction of sp³-hybridized carbons (Fsp3) is 0.357. The second-order valence-electron chi connectivity index (χ2n) is 5.49. The third kappa shape index (κ3) is 3.16. The molecule has 0 atom stereocenters. The van der Waals surface area contributed by atoms with Crippen LogP contribution in [0.25, 0.3) is 10.9 Å². The smallest absolute Gasteiger partial charge is 0.405 e. The molecule has 1 aliphatic carbocycles. The molecule has 1 saturated carbocycles. The molecule has 22 heavy (non-hydrogen) atoms. The van der Waals surface area contributed by atoms with Crippen LogP contribution >= 0.6 is 0 Å². The number of nitrogens with one attached hydrogen (secondary N) is 2. The van der Waals surface area contributed by atoms with Crippen LogP contribution in [0.2, 0.25) is 0 Å². The lowest BCUT2D eigenvalue weighted by atomic mass is 10.2. The number of amides is 1. The molecule has 0 bridgehead atoms. The summed E-state index contributed by atoms with van der Waals surface area (Å²) >= 11 is 0. The standard InChI is InChI=1S/C14H14F3N3O2/c15-14(16,17)22-11-3-1-2-9-8(11)6-10(20-9)12(21)19-7-13(18)4-5-13/h1-3,6,20H,4-5,7,18H2,(H,19,21). The Labute approximate surface area is 123 Å². The molecule has 1 aliphatic rings. The normalized spacial score (nSPS) is 16.5. The Hall–Kier alpha value is -2.22. The number of carbonyl (C=O) groups excluding carboxylic acids is 1. The number of rotatable bonds is 4. The number of H-pyrrole nitrogens is 1. The van der Waals surface area contributed by atoms with Crippen molar-refractivity contribution in [2.45, 2.75) is 24.7 Å². The number of fused-ring (bicyclic) bond motifs is 1. The number of aromatic nitrogens is 1. The highest BCUT2D eigenvalue weighted by Gasteiger charge is 2.38. The van der Waals surface area contributed by atoms with Crippen LogP contribution in [0, 0.1) is 0 Å². The molecule has 2 aromatic rings. The van der Waals surface area contributed by atoms with E-state index < -0.39 is 12.3 Å². The number of aromatic amines is 1. The molecule has 0 aliphatic heterocycles. The Morgan fingerprint density at radius 3 is 2.77 bits per heavy atom. The molecule has 8 heteroatoms. The zero-order chi connectivity index (χ0) is 16.0. The summed E-state index contributed by atoms with van der Waals surface area (Å²) in [6.07, 6.45) is -3.08. The van der Waals surface area contributed by atoms with Crippen LogP contribution < -0.4 is 15.8 Å². The lowest BCUT2D eigenvalue weighted by Crippen LogP contribution is -2.39. The maximum absolute atomic E-state index is 12.4. The summed E-state index contributed by atoms with van der Waals surface area (Å²) in [7, 11) is 0. The molecule has 0 radical (unpaired) electrons. The van der Waals surface area contributed by atoms with Gasteiger partial charge < -0.3 is 20.8 Å². The largest absolute Gasteiger partial charge is 0.573 e. The SMILES string of the molecule is NC1(CNC(=O)c2cc3c(OC(F)(F)F)cccc3[nH]2)CC1. The van der Waals surface area contributed by atoms with Gasteiger partial charge in [0.25, 0.3) is 5.91 Å². The lowest BCUT2D eigenvalue weighted by molar-refractivity contribution is -0.274. The topological polar surface area (TPSA) is 80.1 Å². The van der Waals surface area contributed by atoms with E-state index in [0.29, 0.717) is 12.1 Å². The molecule has 1 aromatic heterocycles. The first-order valence-corrected chi connectivity index (χ1v) is 6.70. The van der Waals surface area contributed by atoms with Gasteiger partial charge in [0.1, 0.15) is 11.4 Å². The average molecular weight is 313 g/mol. The van der Waals surface area contributed by atoms with E-state index in [1.807, 2.05) is 0 Å². The predicted octanol–water partition coefficient (Wildman–Crippen LogP) is 2.29. The van der Waals surface area contributed by atoms with Gasteiger partial charge in [-0.25, -0.2) is 0 Å². The van der Waals surface area contributed by atoms with Gasteiger partial charge in [-0.3, -0.25) is 4.79 Å². The van der Waals surface area contributed by atoms with E-state index in [9.17, 15) is 18.0 Å². The number of nitrogens with two attached hydrogens (primary N) is 1. The van der Waals surface area contributed by atoms with Crippen LogP contribution in [0.15, 0.2) is 24.3 Å². The van der Waals surface area contributed by atoms with Gasteiger partial charge in [-0.15, -0.1) is 13.2 Å². The Morgan fingerprint density at radius 2 is 2.14 bits per heavy atom. The number of benzene rings is 1. The van der Waals surface area contributed by atoms with Gasteiger partial charge in [0.05, 0.1) is 0 Å². The quantitative estimate of drug-likeness (QED) is 0.810. The fourth-order valence-electron chi connectivity index (χ4n) is 2.15. The van der Waals surface area contributed by atoms with Gasteiger partial charge in [0.15, 0.2) is 0 Å². The Bertz CT molecular complexity index is 720. The minimum Gasteiger partial charge on any atom is -0.405 e.